The third-order valence-corrected chi connectivity index (χ3v) is 1.70. The van der Waals surface area contributed by atoms with Crippen molar-refractivity contribution in [1.29, 1.82) is 0 Å². The fraction of sp³-hybridized carbons (Fsp3) is 0.714. The molecule has 0 aliphatic heterocycles. The third kappa shape index (κ3) is 2.31. The quantitative estimate of drug-likeness (QED) is 0.557. The Morgan fingerprint density at radius 2 is 2.09 bits per heavy atom. The van der Waals surface area contributed by atoms with Gasteiger partial charge in [-0.15, -0.1) is 0 Å². The zero-order chi connectivity index (χ0) is 9.07. The number of carbonyl (C=O) groups excluding carboxylic acids is 2. The molecule has 0 heterocycles. The summed E-state index contributed by atoms with van der Waals surface area (Å²) in [7, 11) is 1.56. The molecule has 4 nitrogen and oxygen atoms in total. The van der Waals surface area contributed by atoms with Crippen LogP contribution in [0.3, 0.4) is 0 Å². The van der Waals surface area contributed by atoms with Crippen molar-refractivity contribution in [3.8, 4) is 0 Å². The second-order valence-corrected chi connectivity index (χ2v) is 2.93. The van der Waals surface area contributed by atoms with Gasteiger partial charge in [0.1, 0.15) is 6.29 Å². The number of hydrogen-bond acceptors (Lipinski definition) is 3. The molecule has 0 radical (unpaired) electrons. The molecule has 1 amide bonds. The summed E-state index contributed by atoms with van der Waals surface area (Å²) >= 11 is 0. The van der Waals surface area contributed by atoms with E-state index in [-0.39, 0.29) is 12.5 Å². The first-order chi connectivity index (χ1) is 4.95. The van der Waals surface area contributed by atoms with Gasteiger partial charge in [0.25, 0.3) is 0 Å². The van der Waals surface area contributed by atoms with E-state index in [0.717, 1.165) is 6.29 Å². The average molecular weight is 158 g/mol. The highest BCUT2D eigenvalue weighted by atomic mass is 16.2. The molecule has 64 valence electrons. The lowest BCUT2D eigenvalue weighted by Gasteiger charge is -2.29. The van der Waals surface area contributed by atoms with E-state index < -0.39 is 5.54 Å². The highest BCUT2D eigenvalue weighted by Gasteiger charge is 2.25. The van der Waals surface area contributed by atoms with Crippen LogP contribution in [0, 0.1) is 0 Å². The van der Waals surface area contributed by atoms with Gasteiger partial charge in [-0.1, -0.05) is 0 Å². The van der Waals surface area contributed by atoms with Crippen molar-refractivity contribution < 1.29 is 9.59 Å². The number of nitrogens with two attached hydrogens (primary N) is 1. The minimum absolute atomic E-state index is 0.0617. The maximum atomic E-state index is 11.0. The zero-order valence-electron chi connectivity index (χ0n) is 7.13. The van der Waals surface area contributed by atoms with Gasteiger partial charge in [-0.25, -0.2) is 0 Å². The first kappa shape index (κ1) is 10.1. The Kier molecular flexibility index (Phi) is 3.19. The van der Waals surface area contributed by atoms with Crippen LogP contribution >= 0.6 is 0 Å². The van der Waals surface area contributed by atoms with E-state index in [2.05, 4.69) is 0 Å². The van der Waals surface area contributed by atoms with Crippen LogP contribution in [-0.2, 0) is 9.59 Å². The topological polar surface area (TPSA) is 63.4 Å². The number of nitrogens with zero attached hydrogens (tertiary/aromatic N) is 1. The lowest BCUT2D eigenvalue weighted by molar-refractivity contribution is -0.137. The Bertz CT molecular complexity index is 166. The molecule has 0 saturated carbocycles. The molecule has 0 unspecified atom stereocenters. The number of amides is 1. The summed E-state index contributed by atoms with van der Waals surface area (Å²) in [5.74, 6) is -0.234. The van der Waals surface area contributed by atoms with Gasteiger partial charge in [-0.2, -0.15) is 0 Å². The molecule has 0 spiro atoms. The van der Waals surface area contributed by atoms with Crippen molar-refractivity contribution in [2.75, 3.05) is 13.6 Å². The Hall–Kier alpha value is -0.900. The number of likely N-dealkylation sites (N-methyl/N-ethyl adjacent to an activating group) is 1. The number of aldehydes is 1. The van der Waals surface area contributed by atoms with Crippen LogP contribution < -0.4 is 5.73 Å². The smallest absolute Gasteiger partial charge is 0.236 e. The molecule has 0 fully saturated rings. The molecule has 0 aromatic rings. The summed E-state index contributed by atoms with van der Waals surface area (Å²) in [6.45, 7) is 3.26. The van der Waals surface area contributed by atoms with Crippen molar-refractivity contribution in [2.24, 2.45) is 5.73 Å². The number of hydrogen-bond donors (Lipinski definition) is 1. The molecule has 0 rings (SSSR count). The van der Waals surface area contributed by atoms with Gasteiger partial charge < -0.3 is 15.4 Å². The second-order valence-electron chi connectivity index (χ2n) is 2.93. The molecule has 4 heteroatoms. The molecule has 0 atom stereocenters. The van der Waals surface area contributed by atoms with E-state index >= 15 is 0 Å². The van der Waals surface area contributed by atoms with Crippen LogP contribution in [0.2, 0.25) is 0 Å². The molecular weight excluding hydrogens is 144 g/mol. The van der Waals surface area contributed by atoms with Gasteiger partial charge in [0.05, 0.1) is 12.1 Å². The number of carbonyl (C=O) groups is 2. The molecule has 0 aromatic carbocycles. The molecule has 0 saturated heterocycles. The van der Waals surface area contributed by atoms with Gasteiger partial charge in [-0.05, 0) is 13.8 Å². The van der Waals surface area contributed by atoms with E-state index in [0.29, 0.717) is 0 Å². The molecule has 0 aliphatic carbocycles. The first-order valence-corrected chi connectivity index (χ1v) is 3.38. The predicted molar refractivity (Wildman–Crippen MR) is 42.0 cm³/mol. The fourth-order valence-electron chi connectivity index (χ4n) is 0.537. The molecule has 0 bridgehead atoms. The highest BCUT2D eigenvalue weighted by Crippen LogP contribution is 2.07. The Labute approximate surface area is 66.4 Å². The minimum Gasteiger partial charge on any atom is -0.333 e. The summed E-state index contributed by atoms with van der Waals surface area (Å²) in [4.78, 5) is 22.7. The van der Waals surface area contributed by atoms with Crippen molar-refractivity contribution in [3.05, 3.63) is 0 Å². The van der Waals surface area contributed by atoms with Gasteiger partial charge in [0.15, 0.2) is 0 Å². The minimum atomic E-state index is -0.754. The van der Waals surface area contributed by atoms with Gasteiger partial charge in [0, 0.05) is 7.05 Å². The fourth-order valence-corrected chi connectivity index (χ4v) is 0.537. The number of rotatable bonds is 3. The van der Waals surface area contributed by atoms with Crippen LogP contribution in [0.5, 0.6) is 0 Å². The van der Waals surface area contributed by atoms with E-state index in [1.807, 2.05) is 0 Å². The normalized spacial score (nSPS) is 10.9. The van der Waals surface area contributed by atoms with Crippen LogP contribution in [0.15, 0.2) is 0 Å². The summed E-state index contributed by atoms with van der Waals surface area (Å²) in [6.07, 6.45) is 0.723. The molecule has 11 heavy (non-hydrogen) atoms. The summed E-state index contributed by atoms with van der Waals surface area (Å²) in [5.41, 5.74) is 4.36. The second kappa shape index (κ2) is 3.48. The summed E-state index contributed by atoms with van der Waals surface area (Å²) < 4.78 is 0. The highest BCUT2D eigenvalue weighted by molar-refractivity contribution is 5.82. The van der Waals surface area contributed by atoms with Gasteiger partial charge in [-0.3, -0.25) is 4.79 Å². The van der Waals surface area contributed by atoms with E-state index in [1.165, 1.54) is 4.90 Å². The van der Waals surface area contributed by atoms with Gasteiger partial charge >= 0.3 is 0 Å². The molecule has 2 N–H and O–H groups in total. The summed E-state index contributed by atoms with van der Waals surface area (Å²) in [5, 5.41) is 0. The Morgan fingerprint density at radius 3 is 2.36 bits per heavy atom. The zero-order valence-corrected chi connectivity index (χ0v) is 7.13. The van der Waals surface area contributed by atoms with Crippen molar-refractivity contribution >= 4 is 12.2 Å². The van der Waals surface area contributed by atoms with Crippen molar-refractivity contribution in [2.45, 2.75) is 19.4 Å². The Balaban J connectivity index is 4.34. The summed E-state index contributed by atoms with van der Waals surface area (Å²) in [6, 6.07) is 0. The standard InChI is InChI=1S/C7H14N2O2/c1-7(2,5-10)9(3)6(11)4-8/h5H,4,8H2,1-3H3. The van der Waals surface area contributed by atoms with Gasteiger partial charge in [0.2, 0.25) is 5.91 Å². The third-order valence-electron chi connectivity index (χ3n) is 1.70. The predicted octanol–water partition coefficient (Wildman–Crippen LogP) is -0.619. The molecule has 0 aromatic heterocycles. The molecule has 0 aliphatic rings. The van der Waals surface area contributed by atoms with Crippen LogP contribution in [0.1, 0.15) is 13.8 Å². The van der Waals surface area contributed by atoms with E-state index in [1.54, 1.807) is 20.9 Å². The van der Waals surface area contributed by atoms with E-state index in [4.69, 9.17) is 5.73 Å². The average Bonchev–Trinajstić information content (AvgIpc) is 2.01. The van der Waals surface area contributed by atoms with E-state index in [9.17, 15) is 9.59 Å². The van der Waals surface area contributed by atoms with Crippen LogP contribution in [-0.4, -0.2) is 36.2 Å². The lowest BCUT2D eigenvalue weighted by Crippen LogP contribution is -2.48. The monoisotopic (exact) mass is 158 g/mol. The maximum absolute atomic E-state index is 11.0. The van der Waals surface area contributed by atoms with Crippen molar-refractivity contribution in [3.63, 3.8) is 0 Å². The van der Waals surface area contributed by atoms with Crippen molar-refractivity contribution in [1.82, 2.24) is 4.90 Å². The maximum Gasteiger partial charge on any atom is 0.236 e. The van der Waals surface area contributed by atoms with Crippen LogP contribution in [0.4, 0.5) is 0 Å². The SMILES string of the molecule is CN(C(=O)CN)C(C)(C)C=O. The first-order valence-electron chi connectivity index (χ1n) is 3.38. The molecular formula is C7H14N2O2. The largest absolute Gasteiger partial charge is 0.333 e. The van der Waals surface area contributed by atoms with Crippen LogP contribution in [0.25, 0.3) is 0 Å². The lowest BCUT2D eigenvalue weighted by atomic mass is 10.1. The Morgan fingerprint density at radius 1 is 1.64 bits per heavy atom.